The van der Waals surface area contributed by atoms with Crippen molar-refractivity contribution in [1.29, 1.82) is 0 Å². The number of aryl methyl sites for hydroxylation is 2. The van der Waals surface area contributed by atoms with E-state index in [1.165, 1.54) is 0 Å². The minimum absolute atomic E-state index is 0.0171. The molecule has 8 nitrogen and oxygen atoms in total. The van der Waals surface area contributed by atoms with Crippen LogP contribution in [-0.4, -0.2) is 39.3 Å². The lowest BCUT2D eigenvalue weighted by molar-refractivity contribution is -0.126. The minimum atomic E-state index is -0.0171. The van der Waals surface area contributed by atoms with Crippen molar-refractivity contribution in [2.24, 2.45) is 5.92 Å². The number of carbonyl (C=O) groups is 2. The van der Waals surface area contributed by atoms with Crippen molar-refractivity contribution in [2.45, 2.75) is 58.5 Å². The van der Waals surface area contributed by atoms with Crippen LogP contribution >= 0.6 is 0 Å². The van der Waals surface area contributed by atoms with Gasteiger partial charge in [-0.2, -0.15) is 5.10 Å². The molecule has 2 aromatic heterocycles. The van der Waals surface area contributed by atoms with Gasteiger partial charge in [-0.1, -0.05) is 5.16 Å². The standard InChI is InChI=1S/C19H27N5O3/c1-13-17(14(2)27-23-13)12-18(25)22-16-6-4-15(5-7-16)19(26)20-9-11-24-10-3-8-21-24/h3,8,10,15-16H,4-7,9,11-12H2,1-2H3,(H,20,26)(H,22,25). The molecule has 1 saturated carbocycles. The highest BCUT2D eigenvalue weighted by Gasteiger charge is 2.27. The Balaban J connectivity index is 1.36. The van der Waals surface area contributed by atoms with Crippen molar-refractivity contribution in [3.05, 3.63) is 35.5 Å². The summed E-state index contributed by atoms with van der Waals surface area (Å²) in [4.78, 5) is 24.6. The van der Waals surface area contributed by atoms with E-state index in [-0.39, 0.29) is 30.2 Å². The number of nitrogens with one attached hydrogen (secondary N) is 2. The molecule has 2 aromatic rings. The zero-order valence-corrected chi connectivity index (χ0v) is 15.9. The molecule has 0 saturated heterocycles. The summed E-state index contributed by atoms with van der Waals surface area (Å²) in [5.41, 5.74) is 1.62. The average Bonchev–Trinajstić information content (AvgIpc) is 3.28. The predicted molar refractivity (Wildman–Crippen MR) is 98.8 cm³/mol. The van der Waals surface area contributed by atoms with Gasteiger partial charge in [0.1, 0.15) is 5.76 Å². The summed E-state index contributed by atoms with van der Waals surface area (Å²) in [6.45, 7) is 4.91. The van der Waals surface area contributed by atoms with Gasteiger partial charge in [0.05, 0.1) is 18.7 Å². The quantitative estimate of drug-likeness (QED) is 0.766. The SMILES string of the molecule is Cc1noc(C)c1CC(=O)NC1CCC(C(=O)NCCn2cccn2)CC1. The Morgan fingerprint density at radius 1 is 1.26 bits per heavy atom. The van der Waals surface area contributed by atoms with Gasteiger partial charge in [-0.15, -0.1) is 0 Å². The van der Waals surface area contributed by atoms with Gasteiger partial charge in [-0.25, -0.2) is 0 Å². The predicted octanol–water partition coefficient (Wildman–Crippen LogP) is 1.52. The molecular formula is C19H27N5O3. The first-order chi connectivity index (χ1) is 13.0. The molecule has 27 heavy (non-hydrogen) atoms. The van der Waals surface area contributed by atoms with Crippen molar-refractivity contribution in [1.82, 2.24) is 25.6 Å². The van der Waals surface area contributed by atoms with E-state index in [9.17, 15) is 9.59 Å². The lowest BCUT2D eigenvalue weighted by atomic mass is 9.85. The van der Waals surface area contributed by atoms with Crippen LogP contribution in [-0.2, 0) is 22.6 Å². The normalized spacial score (nSPS) is 19.6. The Labute approximate surface area is 158 Å². The molecule has 146 valence electrons. The number of hydrogen-bond donors (Lipinski definition) is 2. The maximum Gasteiger partial charge on any atom is 0.224 e. The van der Waals surface area contributed by atoms with Gasteiger partial charge in [-0.3, -0.25) is 14.3 Å². The fourth-order valence-corrected chi connectivity index (χ4v) is 3.56. The molecule has 0 spiro atoms. The molecule has 2 heterocycles. The van der Waals surface area contributed by atoms with Gasteiger partial charge < -0.3 is 15.2 Å². The summed E-state index contributed by atoms with van der Waals surface area (Å²) in [6.07, 6.45) is 7.13. The van der Waals surface area contributed by atoms with Gasteiger partial charge in [0.15, 0.2) is 0 Å². The van der Waals surface area contributed by atoms with Crippen LogP contribution < -0.4 is 10.6 Å². The van der Waals surface area contributed by atoms with Crippen LogP contribution in [0.25, 0.3) is 0 Å². The fourth-order valence-electron chi connectivity index (χ4n) is 3.56. The van der Waals surface area contributed by atoms with E-state index in [0.29, 0.717) is 18.8 Å². The smallest absolute Gasteiger partial charge is 0.224 e. The van der Waals surface area contributed by atoms with Crippen LogP contribution in [0.2, 0.25) is 0 Å². The van der Waals surface area contributed by atoms with Crippen LogP contribution in [0.4, 0.5) is 0 Å². The van der Waals surface area contributed by atoms with Crippen molar-refractivity contribution in [3.8, 4) is 0 Å². The maximum atomic E-state index is 12.3. The molecule has 1 aliphatic carbocycles. The second-order valence-corrected chi connectivity index (χ2v) is 7.16. The molecule has 2 amide bonds. The molecule has 2 N–H and O–H groups in total. The lowest BCUT2D eigenvalue weighted by Crippen LogP contribution is -2.41. The van der Waals surface area contributed by atoms with E-state index in [2.05, 4.69) is 20.9 Å². The van der Waals surface area contributed by atoms with E-state index >= 15 is 0 Å². The molecule has 0 radical (unpaired) electrons. The molecule has 1 fully saturated rings. The van der Waals surface area contributed by atoms with Gasteiger partial charge in [0.25, 0.3) is 0 Å². The van der Waals surface area contributed by atoms with Crippen LogP contribution in [0.15, 0.2) is 23.0 Å². The second-order valence-electron chi connectivity index (χ2n) is 7.16. The first-order valence-corrected chi connectivity index (χ1v) is 9.49. The second kappa shape index (κ2) is 8.83. The minimum Gasteiger partial charge on any atom is -0.361 e. The van der Waals surface area contributed by atoms with Crippen LogP contribution in [0.3, 0.4) is 0 Å². The Morgan fingerprint density at radius 2 is 2.04 bits per heavy atom. The first kappa shape index (κ1) is 19.1. The highest BCUT2D eigenvalue weighted by molar-refractivity contribution is 5.80. The van der Waals surface area contributed by atoms with Crippen molar-refractivity contribution >= 4 is 11.8 Å². The highest BCUT2D eigenvalue weighted by atomic mass is 16.5. The third-order valence-corrected chi connectivity index (χ3v) is 5.18. The Bertz CT molecular complexity index is 741. The zero-order valence-electron chi connectivity index (χ0n) is 15.9. The number of amides is 2. The maximum absolute atomic E-state index is 12.3. The van der Waals surface area contributed by atoms with E-state index in [0.717, 1.165) is 36.9 Å². The largest absolute Gasteiger partial charge is 0.361 e. The Kier molecular flexibility index (Phi) is 6.26. The molecule has 3 rings (SSSR count). The molecule has 0 unspecified atom stereocenters. The third-order valence-electron chi connectivity index (χ3n) is 5.18. The van der Waals surface area contributed by atoms with Crippen molar-refractivity contribution in [3.63, 3.8) is 0 Å². The number of rotatable bonds is 7. The van der Waals surface area contributed by atoms with Crippen LogP contribution in [0.5, 0.6) is 0 Å². The fraction of sp³-hybridized carbons (Fsp3) is 0.579. The van der Waals surface area contributed by atoms with E-state index in [1.54, 1.807) is 10.9 Å². The van der Waals surface area contributed by atoms with Crippen molar-refractivity contribution < 1.29 is 14.1 Å². The zero-order chi connectivity index (χ0) is 19.2. The van der Waals surface area contributed by atoms with Gasteiger partial charge in [0.2, 0.25) is 11.8 Å². The average molecular weight is 373 g/mol. The first-order valence-electron chi connectivity index (χ1n) is 9.49. The lowest BCUT2D eigenvalue weighted by Gasteiger charge is -2.28. The summed E-state index contributed by atoms with van der Waals surface area (Å²) >= 11 is 0. The Morgan fingerprint density at radius 3 is 2.67 bits per heavy atom. The van der Waals surface area contributed by atoms with Crippen LogP contribution in [0, 0.1) is 19.8 Å². The molecule has 0 bridgehead atoms. The molecule has 0 atom stereocenters. The molecular weight excluding hydrogens is 346 g/mol. The molecule has 8 heteroatoms. The highest BCUT2D eigenvalue weighted by Crippen LogP contribution is 2.24. The summed E-state index contributed by atoms with van der Waals surface area (Å²) in [5.74, 6) is 0.802. The summed E-state index contributed by atoms with van der Waals surface area (Å²) in [6, 6.07) is 1.99. The topological polar surface area (TPSA) is 102 Å². The van der Waals surface area contributed by atoms with Gasteiger partial charge in [-0.05, 0) is 45.6 Å². The summed E-state index contributed by atoms with van der Waals surface area (Å²) < 4.78 is 6.90. The monoisotopic (exact) mass is 373 g/mol. The molecule has 0 aliphatic heterocycles. The Hall–Kier alpha value is -2.64. The van der Waals surface area contributed by atoms with Gasteiger partial charge in [0, 0.05) is 36.5 Å². The third kappa shape index (κ3) is 5.18. The van der Waals surface area contributed by atoms with E-state index in [4.69, 9.17) is 4.52 Å². The summed E-state index contributed by atoms with van der Waals surface area (Å²) in [5, 5.41) is 14.1. The number of nitrogens with zero attached hydrogens (tertiary/aromatic N) is 3. The van der Waals surface area contributed by atoms with Crippen LogP contribution in [0.1, 0.15) is 42.7 Å². The van der Waals surface area contributed by atoms with E-state index < -0.39 is 0 Å². The number of carbonyl (C=O) groups excluding carboxylic acids is 2. The van der Waals surface area contributed by atoms with E-state index in [1.807, 2.05) is 26.1 Å². The number of hydrogen-bond acceptors (Lipinski definition) is 5. The van der Waals surface area contributed by atoms with Gasteiger partial charge >= 0.3 is 0 Å². The number of aromatic nitrogens is 3. The molecule has 0 aromatic carbocycles. The molecule has 1 aliphatic rings. The van der Waals surface area contributed by atoms with Crippen molar-refractivity contribution in [2.75, 3.05) is 6.54 Å². The summed E-state index contributed by atoms with van der Waals surface area (Å²) in [7, 11) is 0.